The fourth-order valence-electron chi connectivity index (χ4n) is 8.46. The molecule has 292 valence electrons. The topological polar surface area (TPSA) is 6.48 Å². The summed E-state index contributed by atoms with van der Waals surface area (Å²) in [5.41, 5.74) is 0.868. The zero-order valence-electron chi connectivity index (χ0n) is 35.0. The average molecular weight is 687 g/mol. The first kappa shape index (κ1) is 48.4. The minimum absolute atomic E-state index is 0.868. The maximum Gasteiger partial charge on any atom is 0.0133 e. The van der Waals surface area contributed by atoms with Gasteiger partial charge in [-0.05, 0) is 75.0 Å². The van der Waals surface area contributed by atoms with E-state index in [0.717, 1.165) is 17.3 Å². The number of hydrazine groups is 1. The summed E-state index contributed by atoms with van der Waals surface area (Å²) in [4.78, 5) is 0. The molecule has 0 aromatic heterocycles. The third-order valence-corrected chi connectivity index (χ3v) is 11.8. The molecule has 2 aliphatic carbocycles. The average Bonchev–Trinajstić information content (AvgIpc) is 4.04. The lowest BCUT2D eigenvalue weighted by molar-refractivity contribution is -0.0308. The molecule has 0 radical (unpaired) electrons. The van der Waals surface area contributed by atoms with Gasteiger partial charge in [-0.15, -0.1) is 19.7 Å². The fraction of sp³-hybridized carbons (Fsp3) is 0.915. The molecule has 0 N–H and O–H groups in total. The van der Waals surface area contributed by atoms with E-state index in [1.54, 1.807) is 12.8 Å². The van der Waals surface area contributed by atoms with Crippen LogP contribution in [0.15, 0.2) is 25.8 Å². The van der Waals surface area contributed by atoms with E-state index < -0.39 is 0 Å². The Hall–Kier alpha value is -0.600. The molecule has 3 atom stereocenters. The van der Waals surface area contributed by atoms with Crippen molar-refractivity contribution in [2.75, 3.05) is 26.2 Å². The molecule has 0 aliphatic heterocycles. The molecule has 0 amide bonds. The van der Waals surface area contributed by atoms with Crippen molar-refractivity contribution < 1.29 is 0 Å². The predicted molar refractivity (Wildman–Crippen MR) is 226 cm³/mol. The van der Waals surface area contributed by atoms with E-state index in [-0.39, 0.29) is 0 Å². The third kappa shape index (κ3) is 25.1. The lowest BCUT2D eigenvalue weighted by Crippen LogP contribution is -2.45. The molecule has 0 aromatic rings. The van der Waals surface area contributed by atoms with Crippen molar-refractivity contribution in [2.45, 2.75) is 234 Å². The van der Waals surface area contributed by atoms with Crippen LogP contribution in [0.4, 0.5) is 0 Å². The van der Waals surface area contributed by atoms with Crippen LogP contribution in [0, 0.1) is 17.3 Å². The van der Waals surface area contributed by atoms with Gasteiger partial charge in [0.2, 0.25) is 0 Å². The predicted octanol–water partition coefficient (Wildman–Crippen LogP) is 15.9. The highest BCUT2D eigenvalue weighted by Crippen LogP contribution is 2.76. The molecule has 49 heavy (non-hydrogen) atoms. The summed E-state index contributed by atoms with van der Waals surface area (Å²) in [7, 11) is 0. The van der Waals surface area contributed by atoms with Gasteiger partial charge in [-0.1, -0.05) is 182 Å². The molecule has 3 unspecified atom stereocenters. The van der Waals surface area contributed by atoms with Crippen molar-refractivity contribution in [1.82, 2.24) is 10.0 Å². The zero-order valence-corrected chi connectivity index (χ0v) is 35.0. The molecular formula is C47H94N2. The molecule has 2 rings (SSSR count). The Morgan fingerprint density at radius 2 is 0.796 bits per heavy atom. The monoisotopic (exact) mass is 687 g/mol. The van der Waals surface area contributed by atoms with E-state index in [2.05, 4.69) is 56.6 Å². The van der Waals surface area contributed by atoms with E-state index in [1.807, 2.05) is 13.8 Å². The van der Waals surface area contributed by atoms with Gasteiger partial charge in [0.1, 0.15) is 0 Å². The van der Waals surface area contributed by atoms with E-state index in [0.29, 0.717) is 0 Å². The molecule has 2 aliphatic rings. The van der Waals surface area contributed by atoms with E-state index in [9.17, 15) is 0 Å². The molecular weight excluding hydrogens is 593 g/mol. The van der Waals surface area contributed by atoms with E-state index in [1.165, 1.54) is 212 Å². The molecule has 0 heterocycles. The SMILES string of the molecule is C=C.C=CCCCCCN(CCCCCC1CC12CC2CC)N(CCCCCCCCCCCC)CCCCCCCCCCCC.CC. The Kier molecular flexibility index (Phi) is 35.3. The summed E-state index contributed by atoms with van der Waals surface area (Å²) >= 11 is 0. The minimum Gasteiger partial charge on any atom is -0.242 e. The summed E-state index contributed by atoms with van der Waals surface area (Å²) in [6.45, 7) is 26.2. The van der Waals surface area contributed by atoms with Crippen LogP contribution in [-0.2, 0) is 0 Å². The van der Waals surface area contributed by atoms with Gasteiger partial charge in [-0.25, -0.2) is 10.0 Å². The van der Waals surface area contributed by atoms with Crippen LogP contribution in [0.2, 0.25) is 0 Å². The Morgan fingerprint density at radius 1 is 0.469 bits per heavy atom. The Bertz CT molecular complexity index is 651. The normalized spacial score (nSPS) is 19.1. The largest absolute Gasteiger partial charge is 0.242 e. The maximum atomic E-state index is 3.95. The van der Waals surface area contributed by atoms with Crippen molar-refractivity contribution in [2.24, 2.45) is 17.3 Å². The van der Waals surface area contributed by atoms with Crippen molar-refractivity contribution in [3.8, 4) is 0 Å². The van der Waals surface area contributed by atoms with Crippen LogP contribution in [-0.4, -0.2) is 36.2 Å². The van der Waals surface area contributed by atoms with Gasteiger partial charge in [-0.3, -0.25) is 0 Å². The van der Waals surface area contributed by atoms with Gasteiger partial charge in [0.15, 0.2) is 0 Å². The number of hydrogen-bond acceptors (Lipinski definition) is 2. The molecule has 0 bridgehead atoms. The number of hydrogen-bond donors (Lipinski definition) is 0. The lowest BCUT2D eigenvalue weighted by Gasteiger charge is -2.36. The van der Waals surface area contributed by atoms with Crippen molar-refractivity contribution >= 4 is 0 Å². The summed E-state index contributed by atoms with van der Waals surface area (Å²) in [6.07, 6.45) is 46.5. The highest BCUT2D eigenvalue weighted by Gasteiger charge is 2.68. The van der Waals surface area contributed by atoms with E-state index >= 15 is 0 Å². The highest BCUT2D eigenvalue weighted by molar-refractivity contribution is 5.17. The summed E-state index contributed by atoms with van der Waals surface area (Å²) in [5, 5.41) is 5.71. The molecule has 2 nitrogen and oxygen atoms in total. The van der Waals surface area contributed by atoms with Gasteiger partial charge in [0.05, 0.1) is 0 Å². The molecule has 2 heteroatoms. The van der Waals surface area contributed by atoms with Crippen LogP contribution in [0.3, 0.4) is 0 Å². The zero-order chi connectivity index (χ0) is 36.3. The van der Waals surface area contributed by atoms with Crippen molar-refractivity contribution in [3.63, 3.8) is 0 Å². The first-order valence-corrected chi connectivity index (χ1v) is 22.8. The Labute approximate surface area is 312 Å². The summed E-state index contributed by atoms with van der Waals surface area (Å²) in [6, 6.07) is 0. The number of nitrogens with zero attached hydrogens (tertiary/aromatic N) is 2. The second-order valence-electron chi connectivity index (χ2n) is 15.7. The Morgan fingerprint density at radius 3 is 1.14 bits per heavy atom. The molecule has 1 spiro atoms. The summed E-state index contributed by atoms with van der Waals surface area (Å²) < 4.78 is 0. The highest BCUT2D eigenvalue weighted by atomic mass is 15.6. The van der Waals surface area contributed by atoms with Gasteiger partial charge >= 0.3 is 0 Å². The van der Waals surface area contributed by atoms with Crippen LogP contribution >= 0.6 is 0 Å². The minimum atomic E-state index is 0.868. The van der Waals surface area contributed by atoms with Crippen LogP contribution < -0.4 is 0 Å². The lowest BCUT2D eigenvalue weighted by atomic mass is 10.1. The molecule has 0 saturated heterocycles. The number of rotatable bonds is 36. The van der Waals surface area contributed by atoms with E-state index in [4.69, 9.17) is 0 Å². The second kappa shape index (κ2) is 35.8. The van der Waals surface area contributed by atoms with Crippen LogP contribution in [0.5, 0.6) is 0 Å². The maximum absolute atomic E-state index is 3.95. The second-order valence-corrected chi connectivity index (χ2v) is 15.7. The van der Waals surface area contributed by atoms with Gasteiger partial charge in [-0.2, -0.15) is 0 Å². The fourth-order valence-corrected chi connectivity index (χ4v) is 8.46. The number of unbranched alkanes of at least 4 members (excludes halogenated alkanes) is 23. The Balaban J connectivity index is 0.00000554. The summed E-state index contributed by atoms with van der Waals surface area (Å²) in [5.74, 6) is 2.21. The molecule has 2 fully saturated rings. The van der Waals surface area contributed by atoms with Crippen molar-refractivity contribution in [3.05, 3.63) is 25.8 Å². The first-order valence-electron chi connectivity index (χ1n) is 22.8. The quantitative estimate of drug-likeness (QED) is 0.0368. The number of allylic oxidation sites excluding steroid dienone is 1. The standard InChI is InChI=1S/C43H84N2.C2H6.C2H4/c1-5-9-12-15-17-19-21-23-26-31-36-44(37-32-27-24-22-20-18-16-13-10-6-2)45(35-30-25-14-11-7-3)38-33-28-29-34-42-40-43(42)39-41(43)8-4;2*1-2/h7,41-42H,3,5-6,8-40H2,1-2,4H3;1-2H3;1-2H2. The van der Waals surface area contributed by atoms with Crippen molar-refractivity contribution in [1.29, 1.82) is 0 Å². The van der Waals surface area contributed by atoms with Gasteiger partial charge in [0.25, 0.3) is 0 Å². The molecule has 0 aromatic carbocycles. The van der Waals surface area contributed by atoms with Crippen LogP contribution in [0.1, 0.15) is 234 Å². The molecule has 2 saturated carbocycles. The first-order chi connectivity index (χ1) is 24.2. The smallest absolute Gasteiger partial charge is 0.0133 e. The van der Waals surface area contributed by atoms with Gasteiger partial charge < -0.3 is 0 Å². The third-order valence-electron chi connectivity index (χ3n) is 11.8. The van der Waals surface area contributed by atoms with Crippen LogP contribution in [0.25, 0.3) is 0 Å². The van der Waals surface area contributed by atoms with Gasteiger partial charge in [0, 0.05) is 26.2 Å².